The van der Waals surface area contributed by atoms with Gasteiger partial charge in [-0.3, -0.25) is 14.9 Å². The van der Waals surface area contributed by atoms with Crippen molar-refractivity contribution < 1.29 is 14.5 Å². The van der Waals surface area contributed by atoms with Gasteiger partial charge in [-0.2, -0.15) is 5.26 Å². The molecule has 1 saturated heterocycles. The zero-order valence-electron chi connectivity index (χ0n) is 16.4. The summed E-state index contributed by atoms with van der Waals surface area (Å²) in [5, 5.41) is 23.4. The molecule has 4 rings (SSSR count). The molecule has 1 amide bonds. The number of hydrogen-bond donors (Lipinski definition) is 1. The lowest BCUT2D eigenvalue weighted by atomic mass is 10.2. The highest BCUT2D eigenvalue weighted by molar-refractivity contribution is 8.18. The molecule has 0 spiro atoms. The molecule has 0 aliphatic carbocycles. The molecule has 1 fully saturated rings. The third kappa shape index (κ3) is 4.83. The van der Waals surface area contributed by atoms with E-state index in [-0.39, 0.29) is 22.9 Å². The predicted molar refractivity (Wildman–Crippen MR) is 122 cm³/mol. The summed E-state index contributed by atoms with van der Waals surface area (Å²) < 4.78 is 5.76. The molecule has 1 N–H and O–H groups in total. The van der Waals surface area contributed by atoms with Crippen LogP contribution in [0.25, 0.3) is 6.08 Å². The maximum atomic E-state index is 12.3. The number of amidine groups is 1. The minimum Gasteiger partial charge on any atom is -0.456 e. The van der Waals surface area contributed by atoms with Crippen molar-refractivity contribution >= 4 is 40.3 Å². The van der Waals surface area contributed by atoms with Gasteiger partial charge in [-0.25, -0.2) is 4.99 Å². The summed E-state index contributed by atoms with van der Waals surface area (Å²) in [4.78, 5) is 27.5. The van der Waals surface area contributed by atoms with Gasteiger partial charge < -0.3 is 10.1 Å². The van der Waals surface area contributed by atoms with Gasteiger partial charge in [0.2, 0.25) is 0 Å². The van der Waals surface area contributed by atoms with E-state index in [1.165, 1.54) is 23.9 Å². The molecule has 156 valence electrons. The van der Waals surface area contributed by atoms with E-state index in [0.717, 1.165) is 11.8 Å². The molecule has 0 bridgehead atoms. The zero-order chi connectivity index (χ0) is 22.5. The number of carbonyl (C=O) groups excluding carboxylic acids is 1. The Balaban J connectivity index is 1.54. The molecule has 0 unspecified atom stereocenters. The van der Waals surface area contributed by atoms with Gasteiger partial charge in [-0.15, -0.1) is 0 Å². The van der Waals surface area contributed by atoms with Gasteiger partial charge >= 0.3 is 0 Å². The molecular formula is C23H14N4O4S. The third-order valence-electron chi connectivity index (χ3n) is 4.32. The molecule has 0 atom stereocenters. The lowest BCUT2D eigenvalue weighted by Crippen LogP contribution is -2.19. The molecule has 1 heterocycles. The van der Waals surface area contributed by atoms with Crippen LogP contribution in [0.2, 0.25) is 0 Å². The number of nitriles is 1. The Kier molecular flexibility index (Phi) is 5.96. The van der Waals surface area contributed by atoms with Gasteiger partial charge in [0.1, 0.15) is 23.1 Å². The van der Waals surface area contributed by atoms with Crippen molar-refractivity contribution in [3.05, 3.63) is 98.9 Å². The Morgan fingerprint density at radius 2 is 1.91 bits per heavy atom. The second kappa shape index (κ2) is 9.16. The zero-order valence-corrected chi connectivity index (χ0v) is 17.2. The number of ether oxygens (including phenoxy) is 1. The van der Waals surface area contributed by atoms with Gasteiger partial charge in [0, 0.05) is 12.1 Å². The van der Waals surface area contributed by atoms with Crippen molar-refractivity contribution in [2.24, 2.45) is 4.99 Å². The number of nitrogens with zero attached hydrogens (tertiary/aromatic N) is 3. The fourth-order valence-electron chi connectivity index (χ4n) is 2.85. The highest BCUT2D eigenvalue weighted by Crippen LogP contribution is 2.31. The largest absolute Gasteiger partial charge is 0.456 e. The molecule has 1 aliphatic heterocycles. The number of para-hydroxylation sites is 1. The molecule has 0 radical (unpaired) electrons. The average Bonchev–Trinajstić information content (AvgIpc) is 3.13. The number of carbonyl (C=O) groups is 1. The summed E-state index contributed by atoms with van der Waals surface area (Å²) in [7, 11) is 0. The Morgan fingerprint density at radius 3 is 2.66 bits per heavy atom. The summed E-state index contributed by atoms with van der Waals surface area (Å²) in [5.41, 5.74) is 1.31. The van der Waals surface area contributed by atoms with E-state index in [0.29, 0.717) is 21.4 Å². The number of nitrogens with one attached hydrogen (secondary N) is 1. The van der Waals surface area contributed by atoms with Crippen LogP contribution in [-0.2, 0) is 4.79 Å². The fraction of sp³-hybridized carbons (Fsp3) is 0. The van der Waals surface area contributed by atoms with Gasteiger partial charge in [-0.1, -0.05) is 30.3 Å². The topological polar surface area (TPSA) is 118 Å². The number of nitro groups is 1. The first-order chi connectivity index (χ1) is 15.5. The summed E-state index contributed by atoms with van der Waals surface area (Å²) >= 11 is 1.23. The Morgan fingerprint density at radius 1 is 1.09 bits per heavy atom. The van der Waals surface area contributed by atoms with Crippen LogP contribution in [0, 0.1) is 21.4 Å². The molecule has 32 heavy (non-hydrogen) atoms. The van der Waals surface area contributed by atoms with E-state index >= 15 is 0 Å². The van der Waals surface area contributed by atoms with E-state index in [9.17, 15) is 20.2 Å². The van der Waals surface area contributed by atoms with Crippen LogP contribution >= 0.6 is 11.8 Å². The monoisotopic (exact) mass is 442 g/mol. The van der Waals surface area contributed by atoms with Gasteiger partial charge in [0.25, 0.3) is 11.6 Å². The quantitative estimate of drug-likeness (QED) is 0.332. The number of nitro benzene ring substituents is 1. The molecule has 0 aromatic heterocycles. The van der Waals surface area contributed by atoms with Crippen molar-refractivity contribution in [3.8, 4) is 17.6 Å². The minimum absolute atomic E-state index is 0.0513. The number of non-ortho nitro benzene ring substituents is 1. The van der Waals surface area contributed by atoms with Crippen molar-refractivity contribution in [2.75, 3.05) is 0 Å². The summed E-state index contributed by atoms with van der Waals surface area (Å²) in [5.74, 6) is 0.373. The number of amides is 1. The Hall–Kier alpha value is -4.42. The standard InChI is InChI=1S/C23H14N4O4S/c24-14-16-13-18(27(29)30)9-10-20(16)31-19-8-4-5-15(11-19)12-21-22(28)26-23(32-21)25-17-6-2-1-3-7-17/h1-13H,(H,25,26,28)/b21-12-. The summed E-state index contributed by atoms with van der Waals surface area (Å²) in [6.07, 6.45) is 1.71. The second-order valence-electron chi connectivity index (χ2n) is 6.54. The number of thioether (sulfide) groups is 1. The summed E-state index contributed by atoms with van der Waals surface area (Å²) in [6, 6.07) is 22.0. The van der Waals surface area contributed by atoms with E-state index < -0.39 is 4.92 Å². The van der Waals surface area contributed by atoms with Crippen molar-refractivity contribution in [1.82, 2.24) is 5.32 Å². The van der Waals surface area contributed by atoms with Gasteiger partial charge in [-0.05, 0) is 53.7 Å². The highest BCUT2D eigenvalue weighted by Gasteiger charge is 2.23. The SMILES string of the molecule is N#Cc1cc([N+](=O)[O-])ccc1Oc1cccc(/C=C2\SC(=Nc3ccccc3)NC2=O)c1. The predicted octanol–water partition coefficient (Wildman–Crippen LogP) is 5.15. The lowest BCUT2D eigenvalue weighted by molar-refractivity contribution is -0.384. The van der Waals surface area contributed by atoms with Crippen molar-refractivity contribution in [1.29, 1.82) is 5.26 Å². The van der Waals surface area contributed by atoms with Crippen LogP contribution in [0.15, 0.2) is 82.7 Å². The molecule has 0 saturated carbocycles. The minimum atomic E-state index is -0.572. The van der Waals surface area contributed by atoms with E-state index in [4.69, 9.17) is 4.74 Å². The first kappa shape index (κ1) is 20.8. The molecule has 9 heteroatoms. The van der Waals surface area contributed by atoms with Crippen LogP contribution < -0.4 is 10.1 Å². The fourth-order valence-corrected chi connectivity index (χ4v) is 3.70. The van der Waals surface area contributed by atoms with Crippen LogP contribution in [-0.4, -0.2) is 16.0 Å². The molecule has 1 aliphatic rings. The number of benzene rings is 3. The summed E-state index contributed by atoms with van der Waals surface area (Å²) in [6.45, 7) is 0. The lowest BCUT2D eigenvalue weighted by Gasteiger charge is -2.08. The van der Waals surface area contributed by atoms with Crippen LogP contribution in [0.4, 0.5) is 11.4 Å². The number of rotatable bonds is 5. The van der Waals surface area contributed by atoms with Gasteiger partial charge in [0.15, 0.2) is 5.17 Å². The van der Waals surface area contributed by atoms with E-state index in [1.54, 1.807) is 30.3 Å². The Bertz CT molecular complexity index is 1310. The van der Waals surface area contributed by atoms with Crippen LogP contribution in [0.1, 0.15) is 11.1 Å². The van der Waals surface area contributed by atoms with Crippen molar-refractivity contribution in [2.45, 2.75) is 0 Å². The van der Waals surface area contributed by atoms with E-state index in [1.807, 2.05) is 36.4 Å². The van der Waals surface area contributed by atoms with Crippen LogP contribution in [0.5, 0.6) is 11.5 Å². The maximum Gasteiger partial charge on any atom is 0.271 e. The number of aliphatic imine (C=N–C) groups is 1. The van der Waals surface area contributed by atoms with E-state index in [2.05, 4.69) is 10.3 Å². The molecular weight excluding hydrogens is 428 g/mol. The first-order valence-electron chi connectivity index (χ1n) is 9.33. The normalized spacial score (nSPS) is 15.4. The average molecular weight is 442 g/mol. The molecule has 8 nitrogen and oxygen atoms in total. The van der Waals surface area contributed by atoms with Crippen LogP contribution in [0.3, 0.4) is 0 Å². The number of hydrogen-bond acceptors (Lipinski definition) is 7. The van der Waals surface area contributed by atoms with Gasteiger partial charge in [0.05, 0.1) is 15.5 Å². The van der Waals surface area contributed by atoms with Crippen molar-refractivity contribution in [3.63, 3.8) is 0 Å². The molecule has 3 aromatic carbocycles. The third-order valence-corrected chi connectivity index (χ3v) is 5.23. The highest BCUT2D eigenvalue weighted by atomic mass is 32.2. The first-order valence-corrected chi connectivity index (χ1v) is 10.1. The maximum absolute atomic E-state index is 12.3. The Labute approximate surface area is 187 Å². The smallest absolute Gasteiger partial charge is 0.271 e. The molecule has 3 aromatic rings. The second-order valence-corrected chi connectivity index (χ2v) is 7.57.